The lowest BCUT2D eigenvalue weighted by molar-refractivity contribution is 0.186. The van der Waals surface area contributed by atoms with Gasteiger partial charge in [0.2, 0.25) is 0 Å². The zero-order chi connectivity index (χ0) is 13.8. The highest BCUT2D eigenvalue weighted by atomic mass is 16.5. The van der Waals surface area contributed by atoms with Gasteiger partial charge < -0.3 is 14.7 Å². The first-order chi connectivity index (χ1) is 9.13. The number of hydrogen-bond donors (Lipinski definition) is 1. The average Bonchev–Trinajstić information content (AvgIpc) is 2.80. The normalized spacial score (nSPS) is 10.9. The lowest BCUT2D eigenvalue weighted by atomic mass is 10.2. The second kappa shape index (κ2) is 5.73. The molecule has 2 aromatic rings. The number of carbonyl (C=O) groups is 1. The van der Waals surface area contributed by atoms with Crippen LogP contribution in [-0.4, -0.2) is 28.7 Å². The van der Waals surface area contributed by atoms with Gasteiger partial charge >= 0.3 is 6.03 Å². The van der Waals surface area contributed by atoms with Crippen molar-refractivity contribution >= 4 is 17.0 Å². The Bertz CT molecular complexity index is 563. The molecule has 2 amide bonds. The van der Waals surface area contributed by atoms with E-state index in [9.17, 15) is 4.79 Å². The Morgan fingerprint density at radius 2 is 2.16 bits per heavy atom. The van der Waals surface area contributed by atoms with Crippen LogP contribution in [0.25, 0.3) is 11.0 Å². The molecular weight excluding hydrogens is 242 g/mol. The monoisotopic (exact) mass is 261 g/mol. The fraction of sp³-hybridized carbons (Fsp3) is 0.429. The summed E-state index contributed by atoms with van der Waals surface area (Å²) in [4.78, 5) is 13.8. The summed E-state index contributed by atoms with van der Waals surface area (Å²) in [6, 6.07) is 7.72. The summed E-state index contributed by atoms with van der Waals surface area (Å²) in [6.45, 7) is 7.01. The Kier molecular flexibility index (Phi) is 4.04. The number of fused-ring (bicyclic) bond motifs is 1. The zero-order valence-corrected chi connectivity index (χ0v) is 11.5. The molecule has 0 radical (unpaired) electrons. The molecule has 1 N–H and O–H groups in total. The Labute approximate surface area is 112 Å². The van der Waals surface area contributed by atoms with E-state index in [1.54, 1.807) is 4.90 Å². The van der Waals surface area contributed by atoms with Gasteiger partial charge in [-0.05, 0) is 32.9 Å². The van der Waals surface area contributed by atoms with Crippen molar-refractivity contribution in [1.29, 1.82) is 0 Å². The fourth-order valence-electron chi connectivity index (χ4n) is 2.07. The van der Waals surface area contributed by atoms with Crippen LogP contribution in [0.2, 0.25) is 0 Å². The number of para-hydroxylation sites is 1. The van der Waals surface area contributed by atoms with E-state index >= 15 is 0 Å². The first-order valence-corrected chi connectivity index (χ1v) is 6.51. The number of rotatable bonds is 4. The largest absolute Gasteiger partial charge is 0.356 e. The highest BCUT2D eigenvalue weighted by Gasteiger charge is 2.15. The molecule has 5 nitrogen and oxygen atoms in total. The molecule has 2 rings (SSSR count). The molecule has 0 bridgehead atoms. The molecule has 0 aliphatic rings. The molecule has 102 valence electrons. The molecule has 0 saturated carbocycles. The van der Waals surface area contributed by atoms with E-state index in [0.717, 1.165) is 16.7 Å². The van der Waals surface area contributed by atoms with E-state index in [2.05, 4.69) is 10.5 Å². The van der Waals surface area contributed by atoms with E-state index in [1.807, 2.05) is 45.0 Å². The summed E-state index contributed by atoms with van der Waals surface area (Å²) in [6.07, 6.45) is 0. The van der Waals surface area contributed by atoms with Gasteiger partial charge in [0.05, 0.1) is 6.54 Å². The Hall–Kier alpha value is -2.04. The Balaban J connectivity index is 2.04. The molecule has 0 fully saturated rings. The molecule has 0 saturated heterocycles. The third-order valence-corrected chi connectivity index (χ3v) is 3.08. The molecule has 0 aliphatic carbocycles. The van der Waals surface area contributed by atoms with Crippen LogP contribution in [0.3, 0.4) is 0 Å². The van der Waals surface area contributed by atoms with Crippen molar-refractivity contribution in [2.24, 2.45) is 0 Å². The number of aromatic nitrogens is 1. The summed E-state index contributed by atoms with van der Waals surface area (Å²) >= 11 is 0. The highest BCUT2D eigenvalue weighted by molar-refractivity contribution is 5.80. The maximum absolute atomic E-state index is 12.0. The number of nitrogens with zero attached hydrogens (tertiary/aromatic N) is 2. The highest BCUT2D eigenvalue weighted by Crippen LogP contribution is 2.17. The second-order valence-electron chi connectivity index (χ2n) is 4.66. The molecule has 0 aliphatic heterocycles. The van der Waals surface area contributed by atoms with Gasteiger partial charge in [0, 0.05) is 18.0 Å². The van der Waals surface area contributed by atoms with E-state index in [0.29, 0.717) is 13.1 Å². The van der Waals surface area contributed by atoms with Gasteiger partial charge in [-0.2, -0.15) is 0 Å². The lowest BCUT2D eigenvalue weighted by Gasteiger charge is -2.25. The Morgan fingerprint density at radius 1 is 1.42 bits per heavy atom. The van der Waals surface area contributed by atoms with Crippen molar-refractivity contribution in [3.63, 3.8) is 0 Å². The summed E-state index contributed by atoms with van der Waals surface area (Å²) in [7, 11) is 0. The minimum atomic E-state index is -0.0791. The molecule has 5 heteroatoms. The van der Waals surface area contributed by atoms with Gasteiger partial charge in [0.1, 0.15) is 5.69 Å². The SMILES string of the molecule is CCN(C(=O)NCc1noc2ccccc12)C(C)C. The lowest BCUT2D eigenvalue weighted by Crippen LogP contribution is -2.43. The first-order valence-electron chi connectivity index (χ1n) is 6.51. The molecule has 19 heavy (non-hydrogen) atoms. The minimum absolute atomic E-state index is 0.0791. The summed E-state index contributed by atoms with van der Waals surface area (Å²) in [5, 5.41) is 7.80. The molecule has 1 aromatic heterocycles. The van der Waals surface area contributed by atoms with Gasteiger partial charge in [-0.15, -0.1) is 0 Å². The zero-order valence-electron chi connectivity index (χ0n) is 11.5. The van der Waals surface area contributed by atoms with E-state index < -0.39 is 0 Å². The number of amides is 2. The van der Waals surface area contributed by atoms with Gasteiger partial charge in [0.15, 0.2) is 5.58 Å². The third-order valence-electron chi connectivity index (χ3n) is 3.08. The van der Waals surface area contributed by atoms with Crippen molar-refractivity contribution in [2.45, 2.75) is 33.4 Å². The fourth-order valence-corrected chi connectivity index (χ4v) is 2.07. The van der Waals surface area contributed by atoms with Crippen molar-refractivity contribution in [1.82, 2.24) is 15.4 Å². The van der Waals surface area contributed by atoms with Crippen LogP contribution in [0, 0.1) is 0 Å². The van der Waals surface area contributed by atoms with Crippen LogP contribution in [0.4, 0.5) is 4.79 Å². The van der Waals surface area contributed by atoms with Crippen molar-refractivity contribution in [3.05, 3.63) is 30.0 Å². The summed E-state index contributed by atoms with van der Waals surface area (Å²) in [5.74, 6) is 0. The number of carbonyl (C=O) groups excluding carboxylic acids is 1. The van der Waals surface area contributed by atoms with Crippen LogP contribution in [0.1, 0.15) is 26.5 Å². The molecule has 0 spiro atoms. The third kappa shape index (κ3) is 2.86. The smallest absolute Gasteiger partial charge is 0.317 e. The molecular formula is C14H19N3O2. The van der Waals surface area contributed by atoms with Crippen LogP contribution < -0.4 is 5.32 Å². The second-order valence-corrected chi connectivity index (χ2v) is 4.66. The first kappa shape index (κ1) is 13.4. The topological polar surface area (TPSA) is 58.4 Å². The molecule has 0 unspecified atom stereocenters. The van der Waals surface area contributed by atoms with Crippen LogP contribution in [0.5, 0.6) is 0 Å². The maximum Gasteiger partial charge on any atom is 0.317 e. The van der Waals surface area contributed by atoms with Crippen LogP contribution in [-0.2, 0) is 6.54 Å². The predicted molar refractivity (Wildman–Crippen MR) is 73.8 cm³/mol. The number of benzene rings is 1. The molecule has 1 aromatic carbocycles. The molecule has 1 heterocycles. The van der Waals surface area contributed by atoms with Gasteiger partial charge in [0.25, 0.3) is 0 Å². The van der Waals surface area contributed by atoms with Gasteiger partial charge in [-0.1, -0.05) is 17.3 Å². The van der Waals surface area contributed by atoms with Crippen molar-refractivity contribution in [2.75, 3.05) is 6.54 Å². The van der Waals surface area contributed by atoms with Crippen LogP contribution in [0.15, 0.2) is 28.8 Å². The van der Waals surface area contributed by atoms with Gasteiger partial charge in [-0.25, -0.2) is 4.79 Å². The standard InChI is InChI=1S/C14H19N3O2/c1-4-17(10(2)3)14(18)15-9-12-11-7-5-6-8-13(11)19-16-12/h5-8,10H,4,9H2,1-3H3,(H,15,18). The number of urea groups is 1. The van der Waals surface area contributed by atoms with Gasteiger partial charge in [-0.3, -0.25) is 0 Å². The average molecular weight is 261 g/mol. The van der Waals surface area contributed by atoms with Crippen molar-refractivity contribution in [3.8, 4) is 0 Å². The quantitative estimate of drug-likeness (QED) is 0.920. The van der Waals surface area contributed by atoms with E-state index in [4.69, 9.17) is 4.52 Å². The molecule has 0 atom stereocenters. The number of nitrogens with one attached hydrogen (secondary N) is 1. The summed E-state index contributed by atoms with van der Waals surface area (Å²) in [5.41, 5.74) is 1.49. The maximum atomic E-state index is 12.0. The number of hydrogen-bond acceptors (Lipinski definition) is 3. The van der Waals surface area contributed by atoms with E-state index in [-0.39, 0.29) is 12.1 Å². The van der Waals surface area contributed by atoms with Crippen molar-refractivity contribution < 1.29 is 9.32 Å². The summed E-state index contributed by atoms with van der Waals surface area (Å²) < 4.78 is 5.20. The Morgan fingerprint density at radius 3 is 2.84 bits per heavy atom. The van der Waals surface area contributed by atoms with E-state index in [1.165, 1.54) is 0 Å². The minimum Gasteiger partial charge on any atom is -0.356 e. The predicted octanol–water partition coefficient (Wildman–Crippen LogP) is 2.77. The van der Waals surface area contributed by atoms with Crippen LogP contribution >= 0.6 is 0 Å².